The van der Waals surface area contributed by atoms with E-state index in [2.05, 4.69) is 21.2 Å². The number of carboxylic acids is 1. The van der Waals surface area contributed by atoms with Gasteiger partial charge in [0.2, 0.25) is 5.91 Å². The highest BCUT2D eigenvalue weighted by molar-refractivity contribution is 9.10. The van der Waals surface area contributed by atoms with Gasteiger partial charge in [0.25, 0.3) is 0 Å². The van der Waals surface area contributed by atoms with E-state index in [0.29, 0.717) is 4.47 Å². The minimum Gasteiger partial charge on any atom is -0.478 e. The van der Waals surface area contributed by atoms with Crippen LogP contribution in [0.5, 0.6) is 0 Å². The fourth-order valence-corrected chi connectivity index (χ4v) is 1.68. The van der Waals surface area contributed by atoms with Crippen molar-refractivity contribution in [1.82, 2.24) is 0 Å². The molecule has 0 aliphatic carbocycles. The number of aromatic carboxylic acids is 1. The van der Waals surface area contributed by atoms with E-state index in [1.165, 1.54) is 12.1 Å². The summed E-state index contributed by atoms with van der Waals surface area (Å²) < 4.78 is 0.631. The fourth-order valence-electron chi connectivity index (χ4n) is 1.32. The largest absolute Gasteiger partial charge is 0.478 e. The van der Waals surface area contributed by atoms with Gasteiger partial charge in [0.1, 0.15) is 0 Å². The molecule has 5 nitrogen and oxygen atoms in total. The Labute approximate surface area is 113 Å². The highest BCUT2D eigenvalue weighted by Crippen LogP contribution is 2.21. The minimum absolute atomic E-state index is 0.0197. The first-order valence-corrected chi connectivity index (χ1v) is 6.21. The lowest BCUT2D eigenvalue weighted by Gasteiger charge is -2.16. The van der Waals surface area contributed by atoms with Crippen molar-refractivity contribution in [2.45, 2.75) is 19.9 Å². The summed E-state index contributed by atoms with van der Waals surface area (Å²) >= 11 is 3.18. The van der Waals surface area contributed by atoms with Crippen molar-refractivity contribution in [3.8, 4) is 0 Å². The van der Waals surface area contributed by atoms with Crippen molar-refractivity contribution in [2.75, 3.05) is 5.32 Å². The molecule has 0 saturated carbocycles. The SMILES string of the molecule is CC(C)[C@@H](N)C(=O)Nc1ccc(Br)cc1C(=O)O. The summed E-state index contributed by atoms with van der Waals surface area (Å²) in [5, 5.41) is 11.6. The molecule has 0 spiro atoms. The Hall–Kier alpha value is -1.40. The normalized spacial score (nSPS) is 12.3. The molecule has 98 valence electrons. The molecule has 0 unspecified atom stereocenters. The zero-order valence-corrected chi connectivity index (χ0v) is 11.7. The molecule has 0 saturated heterocycles. The highest BCUT2D eigenvalue weighted by atomic mass is 79.9. The third-order valence-electron chi connectivity index (χ3n) is 2.49. The van der Waals surface area contributed by atoms with Crippen LogP contribution in [0.4, 0.5) is 5.69 Å². The summed E-state index contributed by atoms with van der Waals surface area (Å²) in [6.45, 7) is 3.65. The number of carboxylic acid groups (broad SMARTS) is 1. The van der Waals surface area contributed by atoms with Gasteiger partial charge < -0.3 is 16.2 Å². The van der Waals surface area contributed by atoms with Gasteiger partial charge in [0.05, 0.1) is 17.3 Å². The van der Waals surface area contributed by atoms with Gasteiger partial charge in [-0.3, -0.25) is 4.79 Å². The lowest BCUT2D eigenvalue weighted by Crippen LogP contribution is -2.40. The molecule has 0 aliphatic rings. The molecule has 1 aromatic rings. The molecule has 18 heavy (non-hydrogen) atoms. The molecular weight excluding hydrogens is 300 g/mol. The van der Waals surface area contributed by atoms with Gasteiger partial charge in [-0.25, -0.2) is 4.79 Å². The Morgan fingerprint density at radius 3 is 2.50 bits per heavy atom. The lowest BCUT2D eigenvalue weighted by atomic mass is 10.0. The smallest absolute Gasteiger partial charge is 0.337 e. The maximum Gasteiger partial charge on any atom is 0.337 e. The molecule has 1 amide bonds. The second-order valence-corrected chi connectivity index (χ2v) is 5.17. The Morgan fingerprint density at radius 1 is 1.39 bits per heavy atom. The first-order chi connectivity index (χ1) is 8.32. The number of carbonyl (C=O) groups is 2. The maximum absolute atomic E-state index is 11.8. The molecule has 1 rings (SSSR count). The number of rotatable bonds is 4. The van der Waals surface area contributed by atoms with E-state index in [9.17, 15) is 9.59 Å². The van der Waals surface area contributed by atoms with Crippen LogP contribution in [0.2, 0.25) is 0 Å². The quantitative estimate of drug-likeness (QED) is 0.793. The van der Waals surface area contributed by atoms with Gasteiger partial charge in [0.15, 0.2) is 0 Å². The third-order valence-corrected chi connectivity index (χ3v) is 2.98. The molecule has 6 heteroatoms. The third kappa shape index (κ3) is 3.54. The summed E-state index contributed by atoms with van der Waals surface area (Å²) in [5.74, 6) is -1.52. The van der Waals surface area contributed by atoms with Crippen molar-refractivity contribution in [2.24, 2.45) is 11.7 Å². The van der Waals surface area contributed by atoms with E-state index in [4.69, 9.17) is 10.8 Å². The topological polar surface area (TPSA) is 92.4 Å². The van der Waals surface area contributed by atoms with Gasteiger partial charge in [-0.05, 0) is 24.1 Å². The van der Waals surface area contributed by atoms with E-state index in [1.807, 2.05) is 13.8 Å². The molecule has 0 radical (unpaired) electrons. The number of nitrogens with two attached hydrogens (primary N) is 1. The highest BCUT2D eigenvalue weighted by Gasteiger charge is 2.19. The van der Waals surface area contributed by atoms with Gasteiger partial charge in [-0.15, -0.1) is 0 Å². The average Bonchev–Trinajstić information content (AvgIpc) is 2.29. The Balaban J connectivity index is 2.98. The second-order valence-electron chi connectivity index (χ2n) is 4.25. The number of amides is 1. The van der Waals surface area contributed by atoms with Crippen LogP contribution in [0.3, 0.4) is 0 Å². The Bertz CT molecular complexity index is 474. The summed E-state index contributed by atoms with van der Waals surface area (Å²) in [4.78, 5) is 22.8. The van der Waals surface area contributed by atoms with E-state index < -0.39 is 17.9 Å². The van der Waals surface area contributed by atoms with E-state index in [1.54, 1.807) is 6.07 Å². The molecule has 0 aromatic heterocycles. The van der Waals surface area contributed by atoms with Crippen LogP contribution in [0.15, 0.2) is 22.7 Å². The molecule has 1 aromatic carbocycles. The minimum atomic E-state index is -1.11. The summed E-state index contributed by atoms with van der Waals surface area (Å²) in [5.41, 5.74) is 5.96. The monoisotopic (exact) mass is 314 g/mol. The van der Waals surface area contributed by atoms with Crippen LogP contribution in [0.25, 0.3) is 0 Å². The average molecular weight is 315 g/mol. The van der Waals surface area contributed by atoms with Crippen LogP contribution in [0.1, 0.15) is 24.2 Å². The summed E-state index contributed by atoms with van der Waals surface area (Å²) in [6, 6.07) is 3.94. The number of anilines is 1. The van der Waals surface area contributed by atoms with Crippen molar-refractivity contribution in [3.05, 3.63) is 28.2 Å². The number of halogens is 1. The number of nitrogens with one attached hydrogen (secondary N) is 1. The first-order valence-electron chi connectivity index (χ1n) is 5.42. The van der Waals surface area contributed by atoms with E-state index in [0.717, 1.165) is 0 Å². The Kier molecular flexibility index (Phi) is 4.86. The molecule has 0 heterocycles. The van der Waals surface area contributed by atoms with Crippen molar-refractivity contribution >= 4 is 33.5 Å². The lowest BCUT2D eigenvalue weighted by molar-refractivity contribution is -0.118. The van der Waals surface area contributed by atoms with Crippen LogP contribution >= 0.6 is 15.9 Å². The van der Waals surface area contributed by atoms with Gasteiger partial charge in [-0.1, -0.05) is 29.8 Å². The standard InChI is InChI=1S/C12H15BrN2O3/c1-6(2)10(14)11(16)15-9-4-3-7(13)5-8(9)12(17)18/h3-6,10H,14H2,1-2H3,(H,15,16)(H,17,18)/t10-/m1/s1. The van der Waals surface area contributed by atoms with Crippen LogP contribution in [0, 0.1) is 5.92 Å². The van der Waals surface area contributed by atoms with Gasteiger partial charge >= 0.3 is 5.97 Å². The number of hydrogen-bond acceptors (Lipinski definition) is 3. The van der Waals surface area contributed by atoms with E-state index >= 15 is 0 Å². The molecule has 1 atom stereocenters. The number of benzene rings is 1. The number of hydrogen-bond donors (Lipinski definition) is 3. The van der Waals surface area contributed by atoms with E-state index in [-0.39, 0.29) is 17.2 Å². The number of carbonyl (C=O) groups excluding carboxylic acids is 1. The van der Waals surface area contributed by atoms with Gasteiger partial charge in [0, 0.05) is 4.47 Å². The predicted octanol–water partition coefficient (Wildman–Crippen LogP) is 2.07. The molecule has 0 fully saturated rings. The second kappa shape index (κ2) is 5.97. The fraction of sp³-hybridized carbons (Fsp3) is 0.333. The predicted molar refractivity (Wildman–Crippen MR) is 72.5 cm³/mol. The Morgan fingerprint density at radius 2 is 2.00 bits per heavy atom. The first kappa shape index (κ1) is 14.7. The molecule has 0 bridgehead atoms. The maximum atomic E-state index is 11.8. The summed E-state index contributed by atoms with van der Waals surface area (Å²) in [6.07, 6.45) is 0. The molecular formula is C12H15BrN2O3. The van der Waals surface area contributed by atoms with Crippen molar-refractivity contribution in [1.29, 1.82) is 0 Å². The molecule has 4 N–H and O–H groups in total. The van der Waals surface area contributed by atoms with Crippen molar-refractivity contribution < 1.29 is 14.7 Å². The van der Waals surface area contributed by atoms with Crippen LogP contribution < -0.4 is 11.1 Å². The zero-order chi connectivity index (χ0) is 13.9. The van der Waals surface area contributed by atoms with Crippen LogP contribution in [-0.4, -0.2) is 23.0 Å². The van der Waals surface area contributed by atoms with Gasteiger partial charge in [-0.2, -0.15) is 0 Å². The summed E-state index contributed by atoms with van der Waals surface area (Å²) in [7, 11) is 0. The zero-order valence-electron chi connectivity index (χ0n) is 10.1. The van der Waals surface area contributed by atoms with Crippen molar-refractivity contribution in [3.63, 3.8) is 0 Å². The van der Waals surface area contributed by atoms with Crippen LogP contribution in [-0.2, 0) is 4.79 Å². The molecule has 0 aliphatic heterocycles.